The monoisotopic (exact) mass is 323 g/mol. The van der Waals surface area contributed by atoms with E-state index in [1.165, 1.54) is 12.1 Å². The topological polar surface area (TPSA) is 63.2 Å². The van der Waals surface area contributed by atoms with Crippen LogP contribution in [0, 0.1) is 13.8 Å². The predicted octanol–water partition coefficient (Wildman–Crippen LogP) is 3.48. The molecule has 0 saturated heterocycles. The Kier molecular flexibility index (Phi) is 4.34. The minimum absolute atomic E-state index is 0.0249. The number of aryl methyl sites for hydroxylation is 2. The first-order valence-electron chi connectivity index (χ1n) is 6.21. The number of benzene rings is 2. The molecule has 0 radical (unpaired) electrons. The molecule has 1 N–H and O–H groups in total. The molecule has 0 aromatic heterocycles. The van der Waals surface area contributed by atoms with Crippen LogP contribution < -0.4 is 5.32 Å². The lowest BCUT2D eigenvalue weighted by Gasteiger charge is -2.13. The summed E-state index contributed by atoms with van der Waals surface area (Å²) in [5.41, 5.74) is 2.40. The van der Waals surface area contributed by atoms with E-state index in [1.54, 1.807) is 38.1 Å². The minimum Gasteiger partial charge on any atom is -0.322 e. The summed E-state index contributed by atoms with van der Waals surface area (Å²) in [7, 11) is 1.56. The Hall–Kier alpha value is -1.85. The summed E-state index contributed by atoms with van der Waals surface area (Å²) < 4.78 is 22.7. The molecule has 2 aromatic carbocycles. The molecule has 0 unspecified atom stereocenters. The fourth-order valence-corrected chi connectivity index (χ4v) is 2.94. The van der Waals surface area contributed by atoms with Crippen LogP contribution in [0.25, 0.3) is 0 Å². The Morgan fingerprint density at radius 2 is 1.57 bits per heavy atom. The molecule has 0 aliphatic rings. The van der Waals surface area contributed by atoms with E-state index in [0.29, 0.717) is 22.4 Å². The van der Waals surface area contributed by atoms with Crippen molar-refractivity contribution in [3.63, 3.8) is 0 Å². The summed E-state index contributed by atoms with van der Waals surface area (Å²) in [6.07, 6.45) is 0. The first-order chi connectivity index (χ1) is 9.79. The van der Waals surface area contributed by atoms with Crippen LogP contribution in [0.2, 0.25) is 0 Å². The molecular weight excluding hydrogens is 310 g/mol. The molecule has 0 saturated carbocycles. The van der Waals surface area contributed by atoms with Gasteiger partial charge in [-0.2, -0.15) is 0 Å². The van der Waals surface area contributed by atoms with Crippen LogP contribution in [0.3, 0.4) is 0 Å². The molecule has 110 valence electrons. The van der Waals surface area contributed by atoms with Gasteiger partial charge < -0.3 is 5.32 Å². The van der Waals surface area contributed by atoms with Gasteiger partial charge in [-0.25, -0.2) is 8.42 Å². The average molecular weight is 324 g/mol. The van der Waals surface area contributed by atoms with Crippen molar-refractivity contribution in [1.29, 1.82) is 0 Å². The zero-order valence-corrected chi connectivity index (χ0v) is 13.1. The highest BCUT2D eigenvalue weighted by molar-refractivity contribution is 8.13. The maximum atomic E-state index is 12.1. The van der Waals surface area contributed by atoms with Crippen molar-refractivity contribution in [3.8, 4) is 0 Å². The zero-order valence-electron chi connectivity index (χ0n) is 11.6. The molecule has 0 aliphatic carbocycles. The van der Waals surface area contributed by atoms with Gasteiger partial charge in [0.25, 0.3) is 15.0 Å². The van der Waals surface area contributed by atoms with Gasteiger partial charge in [0.2, 0.25) is 0 Å². The maximum absolute atomic E-state index is 12.1. The van der Waals surface area contributed by atoms with Gasteiger partial charge in [-0.05, 0) is 49.2 Å². The fraction of sp³-hybridized carbons (Fsp3) is 0.133. The third-order valence-electron chi connectivity index (χ3n) is 3.06. The number of hydrogen-bond acceptors (Lipinski definition) is 3. The number of amides is 1. The second kappa shape index (κ2) is 5.87. The summed E-state index contributed by atoms with van der Waals surface area (Å²) in [6.45, 7) is 3.44. The lowest BCUT2D eigenvalue weighted by Crippen LogP contribution is -2.14. The average Bonchev–Trinajstić information content (AvgIpc) is 2.42. The van der Waals surface area contributed by atoms with Crippen molar-refractivity contribution in [2.75, 3.05) is 5.32 Å². The molecule has 2 rings (SSSR count). The van der Waals surface area contributed by atoms with Gasteiger partial charge >= 0.3 is 0 Å². The molecule has 0 aliphatic heterocycles. The number of rotatable bonds is 3. The highest BCUT2D eigenvalue weighted by Crippen LogP contribution is 2.26. The third kappa shape index (κ3) is 3.62. The van der Waals surface area contributed by atoms with Crippen LogP contribution in [-0.2, 0) is 9.05 Å². The normalized spacial score (nSPS) is 11.2. The van der Waals surface area contributed by atoms with Crippen molar-refractivity contribution in [3.05, 3.63) is 59.2 Å². The summed E-state index contributed by atoms with van der Waals surface area (Å²) in [5, 5.41) is 2.80. The quantitative estimate of drug-likeness (QED) is 0.879. The lowest BCUT2D eigenvalue weighted by atomic mass is 10.1. The Bertz CT molecular complexity index is 763. The Morgan fingerprint density at radius 1 is 1.05 bits per heavy atom. The molecule has 0 fully saturated rings. The van der Waals surface area contributed by atoms with Crippen LogP contribution in [-0.4, -0.2) is 14.3 Å². The Balaban J connectivity index is 2.36. The number of halogens is 1. The summed E-state index contributed by atoms with van der Waals surface area (Å²) >= 11 is 0. The summed E-state index contributed by atoms with van der Waals surface area (Å²) in [5.74, 6) is -0.247. The largest absolute Gasteiger partial charge is 0.322 e. The van der Waals surface area contributed by atoms with E-state index in [0.717, 1.165) is 0 Å². The molecule has 6 heteroatoms. The fourth-order valence-electron chi connectivity index (χ4n) is 2.04. The number of nitrogens with one attached hydrogen (secondary N) is 1. The van der Waals surface area contributed by atoms with Crippen LogP contribution in [0.1, 0.15) is 21.5 Å². The van der Waals surface area contributed by atoms with E-state index in [4.69, 9.17) is 10.7 Å². The van der Waals surface area contributed by atoms with Crippen molar-refractivity contribution in [2.45, 2.75) is 18.7 Å². The number of carbonyl (C=O) groups is 1. The predicted molar refractivity (Wildman–Crippen MR) is 83.4 cm³/mol. The van der Waals surface area contributed by atoms with Crippen molar-refractivity contribution >= 4 is 31.3 Å². The molecule has 0 heterocycles. The second-order valence-corrected chi connectivity index (χ2v) is 7.26. The first kappa shape index (κ1) is 15.5. The van der Waals surface area contributed by atoms with Gasteiger partial charge in [0.15, 0.2) is 0 Å². The van der Waals surface area contributed by atoms with Crippen LogP contribution in [0.4, 0.5) is 5.69 Å². The molecule has 1 amide bonds. The molecule has 2 aromatic rings. The smallest absolute Gasteiger partial charge is 0.261 e. The number of anilines is 1. The highest BCUT2D eigenvalue weighted by atomic mass is 35.7. The van der Waals surface area contributed by atoms with Crippen LogP contribution in [0.15, 0.2) is 47.4 Å². The van der Waals surface area contributed by atoms with Crippen LogP contribution in [0.5, 0.6) is 0 Å². The van der Waals surface area contributed by atoms with Crippen molar-refractivity contribution in [1.82, 2.24) is 0 Å². The maximum Gasteiger partial charge on any atom is 0.261 e. The van der Waals surface area contributed by atoms with Crippen molar-refractivity contribution in [2.24, 2.45) is 0 Å². The second-order valence-electron chi connectivity index (χ2n) is 4.69. The molecular formula is C15H14ClNO3S. The highest BCUT2D eigenvalue weighted by Gasteiger charge is 2.15. The Morgan fingerprint density at radius 3 is 2.05 bits per heavy atom. The molecule has 4 nitrogen and oxygen atoms in total. The Labute approximate surface area is 128 Å². The molecule has 0 bridgehead atoms. The summed E-state index contributed by atoms with van der Waals surface area (Å²) in [4.78, 5) is 12.2. The van der Waals surface area contributed by atoms with Gasteiger partial charge in [-0.1, -0.05) is 18.2 Å². The van der Waals surface area contributed by atoms with Gasteiger partial charge in [0.05, 0.1) is 4.90 Å². The SMILES string of the molecule is Cc1cc(S(=O)(=O)Cl)cc(C)c1NC(=O)c1ccccc1. The van der Waals surface area contributed by atoms with Crippen LogP contribution >= 0.6 is 10.7 Å². The third-order valence-corrected chi connectivity index (χ3v) is 4.40. The van der Waals surface area contributed by atoms with E-state index in [1.807, 2.05) is 6.07 Å². The van der Waals surface area contributed by atoms with E-state index in [9.17, 15) is 13.2 Å². The summed E-state index contributed by atoms with van der Waals surface area (Å²) in [6, 6.07) is 11.7. The van der Waals surface area contributed by atoms with Gasteiger partial charge in [-0.15, -0.1) is 0 Å². The first-order valence-corrected chi connectivity index (χ1v) is 8.52. The number of carbonyl (C=O) groups excluding carboxylic acids is 1. The van der Waals surface area contributed by atoms with Gasteiger partial charge in [0.1, 0.15) is 0 Å². The molecule has 0 spiro atoms. The van der Waals surface area contributed by atoms with Crippen molar-refractivity contribution < 1.29 is 13.2 Å². The van der Waals surface area contributed by atoms with Gasteiger partial charge in [-0.3, -0.25) is 4.79 Å². The minimum atomic E-state index is -3.79. The number of hydrogen-bond donors (Lipinski definition) is 1. The van der Waals surface area contributed by atoms with E-state index < -0.39 is 9.05 Å². The van der Waals surface area contributed by atoms with Gasteiger partial charge in [0, 0.05) is 21.9 Å². The van der Waals surface area contributed by atoms with E-state index in [2.05, 4.69) is 5.32 Å². The zero-order chi connectivity index (χ0) is 15.6. The lowest BCUT2D eigenvalue weighted by molar-refractivity contribution is 0.102. The molecule has 0 atom stereocenters. The van der Waals surface area contributed by atoms with E-state index >= 15 is 0 Å². The molecule has 21 heavy (non-hydrogen) atoms. The van der Waals surface area contributed by atoms with E-state index in [-0.39, 0.29) is 10.8 Å². The standard InChI is InChI=1S/C15H14ClNO3S/c1-10-8-13(21(16,19)20)9-11(2)14(10)17-15(18)12-6-4-3-5-7-12/h3-9H,1-2H3,(H,17,18).